The maximum atomic E-state index is 10.7. The number of methoxy groups -OCH3 is 1. The van der Waals surface area contributed by atoms with Crippen molar-refractivity contribution >= 4 is 19.3 Å². The highest BCUT2D eigenvalue weighted by Gasteiger charge is 2.29. The van der Waals surface area contributed by atoms with E-state index in [1.165, 1.54) is 0 Å². The van der Waals surface area contributed by atoms with Crippen LogP contribution in [0, 0.1) is 5.41 Å². The van der Waals surface area contributed by atoms with Crippen LogP contribution >= 0.6 is 7.60 Å². The second-order valence-corrected chi connectivity index (χ2v) is 3.48. The van der Waals surface area contributed by atoms with Crippen LogP contribution in [-0.2, 0) is 13.8 Å². The second kappa shape index (κ2) is 4.20. The summed E-state index contributed by atoms with van der Waals surface area (Å²) in [5, 5.41) is 8.49. The van der Waals surface area contributed by atoms with Gasteiger partial charge in [0.15, 0.2) is 0 Å². The first-order valence-electron chi connectivity index (χ1n) is 2.76. The molecule has 0 aliphatic carbocycles. The van der Waals surface area contributed by atoms with E-state index in [2.05, 4.69) is 9.26 Å². The highest BCUT2D eigenvalue weighted by molar-refractivity contribution is 7.70. The van der Waals surface area contributed by atoms with Crippen molar-refractivity contribution in [2.75, 3.05) is 14.2 Å². The number of nitrogens with one attached hydrogen (secondary N) is 2. The van der Waals surface area contributed by atoms with Crippen LogP contribution in [0.5, 0.6) is 0 Å². The minimum absolute atomic E-state index is 0.619. The van der Waals surface area contributed by atoms with Gasteiger partial charge in [0.2, 0.25) is 0 Å². The van der Waals surface area contributed by atoms with Crippen LogP contribution in [0.2, 0.25) is 0 Å². The molecule has 3 N–H and O–H groups in total. The lowest BCUT2D eigenvalue weighted by Gasteiger charge is -2.08. The topological polar surface area (TPSA) is 109 Å². The molecule has 0 fully saturated rings. The number of amidine groups is 1. The van der Waals surface area contributed by atoms with Crippen LogP contribution in [0.1, 0.15) is 0 Å². The molecule has 0 aliphatic heterocycles. The first-order valence-corrected chi connectivity index (χ1v) is 4.34. The smallest absolute Gasteiger partial charge is 0.415 e. The lowest BCUT2D eigenvalue weighted by atomic mass is 11.0. The standard InChI is InChI=1S/C4H9N2O5P/c1-10-3(5)6-4(7)12(8,9)11-2/h1-2H3,(H,8,9)(H2,5,6,7). The molecule has 0 bridgehead atoms. The molecule has 0 radical (unpaired) electrons. The van der Waals surface area contributed by atoms with E-state index in [0.717, 1.165) is 14.2 Å². The zero-order valence-electron chi connectivity index (χ0n) is 6.53. The van der Waals surface area contributed by atoms with Gasteiger partial charge < -0.3 is 14.2 Å². The van der Waals surface area contributed by atoms with Crippen molar-refractivity contribution in [1.82, 2.24) is 5.32 Å². The SMILES string of the molecule is COC(=N)NC(=O)P(=O)(O)OC. The van der Waals surface area contributed by atoms with Gasteiger partial charge >= 0.3 is 13.2 Å². The zero-order valence-corrected chi connectivity index (χ0v) is 7.42. The monoisotopic (exact) mass is 196 g/mol. The van der Waals surface area contributed by atoms with E-state index in [1.807, 2.05) is 0 Å². The Morgan fingerprint density at radius 1 is 1.58 bits per heavy atom. The fraction of sp³-hybridized carbons (Fsp3) is 0.500. The number of amides is 1. The molecular weight excluding hydrogens is 187 g/mol. The summed E-state index contributed by atoms with van der Waals surface area (Å²) >= 11 is 0. The van der Waals surface area contributed by atoms with Crippen LogP contribution in [0.4, 0.5) is 4.79 Å². The Bertz CT molecular complexity index is 240. The van der Waals surface area contributed by atoms with E-state index in [1.54, 1.807) is 5.32 Å². The number of hydrogen-bond acceptors (Lipinski definition) is 5. The Morgan fingerprint density at radius 3 is 2.42 bits per heavy atom. The molecule has 0 rings (SSSR count). The van der Waals surface area contributed by atoms with Gasteiger partial charge in [0.1, 0.15) is 0 Å². The van der Waals surface area contributed by atoms with Crippen molar-refractivity contribution in [3.63, 3.8) is 0 Å². The summed E-state index contributed by atoms with van der Waals surface area (Å²) < 4.78 is 18.9. The van der Waals surface area contributed by atoms with E-state index in [4.69, 9.17) is 10.3 Å². The van der Waals surface area contributed by atoms with Gasteiger partial charge in [-0.2, -0.15) is 0 Å². The van der Waals surface area contributed by atoms with Gasteiger partial charge in [-0.25, -0.2) is 4.57 Å². The summed E-state index contributed by atoms with van der Waals surface area (Å²) in [5.41, 5.74) is -1.29. The molecule has 0 aromatic heterocycles. The minimum Gasteiger partial charge on any atom is -0.468 e. The third-order valence-corrected chi connectivity index (χ3v) is 2.05. The lowest BCUT2D eigenvalue weighted by Crippen LogP contribution is -2.29. The van der Waals surface area contributed by atoms with Gasteiger partial charge in [-0.1, -0.05) is 0 Å². The molecule has 0 aromatic carbocycles. The second-order valence-electron chi connectivity index (χ2n) is 1.67. The van der Waals surface area contributed by atoms with E-state index in [-0.39, 0.29) is 0 Å². The number of rotatable bonds is 2. The van der Waals surface area contributed by atoms with Crippen molar-refractivity contribution in [2.24, 2.45) is 0 Å². The average molecular weight is 196 g/mol. The van der Waals surface area contributed by atoms with Crippen LogP contribution in [0.25, 0.3) is 0 Å². The fourth-order valence-corrected chi connectivity index (χ4v) is 0.710. The highest BCUT2D eigenvalue weighted by Crippen LogP contribution is 2.40. The Balaban J connectivity index is 4.23. The van der Waals surface area contributed by atoms with E-state index < -0.39 is 19.3 Å². The van der Waals surface area contributed by atoms with Gasteiger partial charge in [-0.15, -0.1) is 0 Å². The molecule has 8 heteroatoms. The summed E-state index contributed by atoms with van der Waals surface area (Å²) in [4.78, 5) is 19.4. The third kappa shape index (κ3) is 3.00. The lowest BCUT2D eigenvalue weighted by molar-refractivity contribution is 0.244. The van der Waals surface area contributed by atoms with Crippen molar-refractivity contribution in [2.45, 2.75) is 0 Å². The van der Waals surface area contributed by atoms with E-state index in [9.17, 15) is 9.36 Å². The van der Waals surface area contributed by atoms with Crippen LogP contribution in [-0.4, -0.2) is 30.8 Å². The Hall–Kier alpha value is -0.910. The molecule has 1 amide bonds. The van der Waals surface area contributed by atoms with Gasteiger partial charge in [-0.3, -0.25) is 15.5 Å². The fourth-order valence-electron chi connectivity index (χ4n) is 0.302. The quantitative estimate of drug-likeness (QED) is 0.330. The van der Waals surface area contributed by atoms with Gasteiger partial charge in [0.25, 0.3) is 6.02 Å². The van der Waals surface area contributed by atoms with Crippen LogP contribution in [0.3, 0.4) is 0 Å². The summed E-state index contributed by atoms with van der Waals surface area (Å²) in [6.45, 7) is 0. The normalized spacial score (nSPS) is 14.6. The Morgan fingerprint density at radius 2 is 2.08 bits per heavy atom. The number of hydrogen-bond donors (Lipinski definition) is 3. The van der Waals surface area contributed by atoms with Gasteiger partial charge in [0.05, 0.1) is 7.11 Å². The largest absolute Gasteiger partial charge is 0.468 e. The molecule has 12 heavy (non-hydrogen) atoms. The van der Waals surface area contributed by atoms with Crippen LogP contribution in [0.15, 0.2) is 0 Å². The van der Waals surface area contributed by atoms with Crippen molar-refractivity contribution in [3.8, 4) is 0 Å². The predicted molar refractivity (Wildman–Crippen MR) is 40.1 cm³/mol. The molecule has 0 spiro atoms. The van der Waals surface area contributed by atoms with Crippen LogP contribution < -0.4 is 5.32 Å². The Kier molecular flexibility index (Phi) is 3.88. The number of carbonyl (C=O) groups excluding carboxylic acids is 1. The molecule has 7 nitrogen and oxygen atoms in total. The molecule has 1 atom stereocenters. The first kappa shape index (κ1) is 11.1. The number of carbonyl (C=O) groups is 1. The minimum atomic E-state index is -4.30. The molecule has 0 heterocycles. The maximum Gasteiger partial charge on any atom is 0.415 e. The summed E-state index contributed by atoms with van der Waals surface area (Å²) in [7, 11) is -2.25. The molecule has 0 saturated carbocycles. The molecular formula is C4H9N2O5P. The zero-order chi connectivity index (χ0) is 9.78. The summed E-state index contributed by atoms with van der Waals surface area (Å²) in [6.07, 6.45) is 0. The Labute approximate surface area is 68.7 Å². The van der Waals surface area contributed by atoms with E-state index in [0.29, 0.717) is 0 Å². The van der Waals surface area contributed by atoms with Gasteiger partial charge in [-0.05, 0) is 0 Å². The third-order valence-electron chi connectivity index (χ3n) is 0.929. The first-order chi connectivity index (χ1) is 5.44. The number of ether oxygens (including phenoxy) is 1. The average Bonchev–Trinajstić information content (AvgIpc) is 2.04. The molecule has 0 saturated heterocycles. The highest BCUT2D eigenvalue weighted by atomic mass is 31.2. The van der Waals surface area contributed by atoms with Gasteiger partial charge in [0, 0.05) is 7.11 Å². The molecule has 70 valence electrons. The predicted octanol–water partition coefficient (Wildman–Crippen LogP) is 0.109. The molecule has 0 aliphatic rings. The summed E-state index contributed by atoms with van der Waals surface area (Å²) in [5.74, 6) is 0. The van der Waals surface area contributed by atoms with Crippen molar-refractivity contribution in [3.05, 3.63) is 0 Å². The van der Waals surface area contributed by atoms with Crippen molar-refractivity contribution < 1.29 is 23.5 Å². The van der Waals surface area contributed by atoms with E-state index >= 15 is 0 Å². The molecule has 1 unspecified atom stereocenters. The maximum absolute atomic E-state index is 10.7. The molecule has 0 aromatic rings. The summed E-state index contributed by atoms with van der Waals surface area (Å²) in [6, 6.07) is -0.619. The van der Waals surface area contributed by atoms with Crippen molar-refractivity contribution in [1.29, 1.82) is 5.41 Å².